The first kappa shape index (κ1) is 13.7. The van der Waals surface area contributed by atoms with Crippen LogP contribution in [0, 0.1) is 31.0 Å². The van der Waals surface area contributed by atoms with Gasteiger partial charge in [-0.1, -0.05) is 6.07 Å². The molecule has 0 saturated heterocycles. The van der Waals surface area contributed by atoms with Crippen LogP contribution >= 0.6 is 0 Å². The zero-order valence-electron chi connectivity index (χ0n) is 11.0. The molecule has 1 aromatic heterocycles. The summed E-state index contributed by atoms with van der Waals surface area (Å²) in [7, 11) is 0. The predicted molar refractivity (Wildman–Crippen MR) is 73.7 cm³/mol. The quantitative estimate of drug-likeness (QED) is 0.584. The van der Waals surface area contributed by atoms with Crippen molar-refractivity contribution < 1.29 is 4.39 Å². The van der Waals surface area contributed by atoms with Gasteiger partial charge in [0.2, 0.25) is 0 Å². The Labute approximate surface area is 115 Å². The molecular formula is C13H13FN6. The molecule has 4 N–H and O–H groups in total. The van der Waals surface area contributed by atoms with E-state index in [1.54, 1.807) is 19.9 Å². The SMILES string of the molecule is Cc1nc(NN)c(C)c(Nc2cccc(F)c2C#N)n1. The molecule has 0 atom stereocenters. The molecule has 0 aliphatic rings. The molecule has 0 radical (unpaired) electrons. The Morgan fingerprint density at radius 1 is 1.25 bits per heavy atom. The normalized spacial score (nSPS) is 9.95. The summed E-state index contributed by atoms with van der Waals surface area (Å²) in [5.41, 5.74) is 3.42. The molecule has 0 fully saturated rings. The smallest absolute Gasteiger partial charge is 0.148 e. The average Bonchev–Trinajstić information content (AvgIpc) is 2.42. The third-order valence-electron chi connectivity index (χ3n) is 2.77. The Hall–Kier alpha value is -2.72. The number of nitrogens with zero attached hydrogens (tertiary/aromatic N) is 3. The van der Waals surface area contributed by atoms with Crippen LogP contribution in [0.1, 0.15) is 17.0 Å². The first-order valence-electron chi connectivity index (χ1n) is 5.84. The standard InChI is InChI=1S/C13H13FN6/c1-7-12(17-8(2)18-13(7)20-16)19-11-5-3-4-10(14)9(11)6-15/h3-5H,16H2,1-2H3,(H2,17,18,19,20). The van der Waals surface area contributed by atoms with Crippen LogP contribution in [0.25, 0.3) is 0 Å². The number of nitriles is 1. The molecule has 0 spiro atoms. The lowest BCUT2D eigenvalue weighted by Gasteiger charge is -2.13. The Balaban J connectivity index is 2.48. The number of hydrazine groups is 1. The fourth-order valence-corrected chi connectivity index (χ4v) is 1.76. The first-order chi connectivity index (χ1) is 9.56. The fourth-order valence-electron chi connectivity index (χ4n) is 1.76. The van der Waals surface area contributed by atoms with E-state index >= 15 is 0 Å². The number of halogens is 1. The number of anilines is 3. The van der Waals surface area contributed by atoms with Gasteiger partial charge in [0, 0.05) is 5.56 Å². The van der Waals surface area contributed by atoms with Crippen LogP contribution in [-0.2, 0) is 0 Å². The van der Waals surface area contributed by atoms with Gasteiger partial charge in [0.05, 0.1) is 5.69 Å². The van der Waals surface area contributed by atoms with E-state index in [9.17, 15) is 4.39 Å². The molecular weight excluding hydrogens is 259 g/mol. The minimum Gasteiger partial charge on any atom is -0.339 e. The molecule has 0 unspecified atom stereocenters. The predicted octanol–water partition coefficient (Wildman–Crippen LogP) is 2.13. The summed E-state index contributed by atoms with van der Waals surface area (Å²) >= 11 is 0. The van der Waals surface area contributed by atoms with Gasteiger partial charge in [-0.2, -0.15) is 5.26 Å². The maximum absolute atomic E-state index is 13.6. The molecule has 6 nitrogen and oxygen atoms in total. The molecule has 2 rings (SSSR count). The van der Waals surface area contributed by atoms with Gasteiger partial charge < -0.3 is 10.7 Å². The third-order valence-corrected chi connectivity index (χ3v) is 2.77. The van der Waals surface area contributed by atoms with E-state index in [1.165, 1.54) is 12.1 Å². The van der Waals surface area contributed by atoms with E-state index in [0.29, 0.717) is 28.7 Å². The Kier molecular flexibility index (Phi) is 3.77. The maximum atomic E-state index is 13.6. The minimum absolute atomic E-state index is 0.0644. The van der Waals surface area contributed by atoms with E-state index in [4.69, 9.17) is 11.1 Å². The second-order valence-corrected chi connectivity index (χ2v) is 4.14. The summed E-state index contributed by atoms with van der Waals surface area (Å²) in [6, 6.07) is 6.18. The van der Waals surface area contributed by atoms with E-state index in [0.717, 1.165) is 0 Å². The molecule has 0 aliphatic carbocycles. The number of nitrogens with one attached hydrogen (secondary N) is 2. The minimum atomic E-state index is -0.585. The van der Waals surface area contributed by atoms with Crippen molar-refractivity contribution in [1.29, 1.82) is 5.26 Å². The molecule has 0 aliphatic heterocycles. The summed E-state index contributed by atoms with van der Waals surface area (Å²) in [4.78, 5) is 8.36. The largest absolute Gasteiger partial charge is 0.339 e. The lowest BCUT2D eigenvalue weighted by atomic mass is 10.1. The van der Waals surface area contributed by atoms with Crippen LogP contribution < -0.4 is 16.6 Å². The molecule has 0 saturated carbocycles. The number of nitrogens with two attached hydrogens (primary N) is 1. The Morgan fingerprint density at radius 2 is 1.95 bits per heavy atom. The monoisotopic (exact) mass is 272 g/mol. The molecule has 0 bridgehead atoms. The first-order valence-corrected chi connectivity index (χ1v) is 5.84. The molecule has 102 valence electrons. The number of aromatic nitrogens is 2. The van der Waals surface area contributed by atoms with Gasteiger partial charge in [-0.25, -0.2) is 20.2 Å². The highest BCUT2D eigenvalue weighted by Gasteiger charge is 2.12. The topological polar surface area (TPSA) is 99.6 Å². The zero-order chi connectivity index (χ0) is 14.7. The van der Waals surface area contributed by atoms with Crippen molar-refractivity contribution in [2.75, 3.05) is 10.7 Å². The van der Waals surface area contributed by atoms with Gasteiger partial charge in [0.1, 0.15) is 34.9 Å². The van der Waals surface area contributed by atoms with E-state index in [2.05, 4.69) is 20.7 Å². The number of hydrogen-bond donors (Lipinski definition) is 3. The molecule has 0 amide bonds. The van der Waals surface area contributed by atoms with Crippen molar-refractivity contribution >= 4 is 17.3 Å². The second-order valence-electron chi connectivity index (χ2n) is 4.14. The van der Waals surface area contributed by atoms with Crippen LogP contribution in [0.4, 0.5) is 21.7 Å². The van der Waals surface area contributed by atoms with E-state index in [-0.39, 0.29) is 5.56 Å². The summed E-state index contributed by atoms with van der Waals surface area (Å²) in [5.74, 6) is 6.23. The molecule has 1 heterocycles. The maximum Gasteiger partial charge on any atom is 0.148 e. The van der Waals surface area contributed by atoms with Crippen molar-refractivity contribution in [3.8, 4) is 6.07 Å². The van der Waals surface area contributed by atoms with Crippen LogP contribution in [0.5, 0.6) is 0 Å². The number of rotatable bonds is 3. The van der Waals surface area contributed by atoms with E-state index < -0.39 is 5.82 Å². The van der Waals surface area contributed by atoms with Gasteiger partial charge in [-0.15, -0.1) is 0 Å². The van der Waals surface area contributed by atoms with Crippen molar-refractivity contribution in [2.45, 2.75) is 13.8 Å². The van der Waals surface area contributed by atoms with Crippen LogP contribution in [-0.4, -0.2) is 9.97 Å². The summed E-state index contributed by atoms with van der Waals surface area (Å²) < 4.78 is 13.6. The fraction of sp³-hybridized carbons (Fsp3) is 0.154. The van der Waals surface area contributed by atoms with Gasteiger partial charge in [0.15, 0.2) is 0 Å². The second kappa shape index (κ2) is 5.50. The zero-order valence-corrected chi connectivity index (χ0v) is 11.0. The highest BCUT2D eigenvalue weighted by Crippen LogP contribution is 2.26. The van der Waals surface area contributed by atoms with Crippen molar-refractivity contribution in [3.05, 3.63) is 41.0 Å². The summed E-state index contributed by atoms with van der Waals surface area (Å²) in [5, 5.41) is 11.9. The highest BCUT2D eigenvalue weighted by molar-refractivity contribution is 5.69. The van der Waals surface area contributed by atoms with Crippen molar-refractivity contribution in [3.63, 3.8) is 0 Å². The Bertz CT molecular complexity index is 692. The molecule has 1 aromatic carbocycles. The lowest BCUT2D eigenvalue weighted by Crippen LogP contribution is -2.13. The van der Waals surface area contributed by atoms with Crippen LogP contribution in [0.2, 0.25) is 0 Å². The Morgan fingerprint density at radius 3 is 2.60 bits per heavy atom. The van der Waals surface area contributed by atoms with Gasteiger partial charge in [0.25, 0.3) is 0 Å². The van der Waals surface area contributed by atoms with Crippen LogP contribution in [0.3, 0.4) is 0 Å². The molecule has 7 heteroatoms. The van der Waals surface area contributed by atoms with Gasteiger partial charge in [-0.3, -0.25) is 0 Å². The third kappa shape index (κ3) is 2.50. The number of hydrogen-bond acceptors (Lipinski definition) is 6. The van der Waals surface area contributed by atoms with E-state index in [1.807, 2.05) is 6.07 Å². The molecule has 20 heavy (non-hydrogen) atoms. The van der Waals surface area contributed by atoms with Gasteiger partial charge in [-0.05, 0) is 26.0 Å². The summed E-state index contributed by atoms with van der Waals surface area (Å²) in [6.07, 6.45) is 0. The van der Waals surface area contributed by atoms with Crippen LogP contribution in [0.15, 0.2) is 18.2 Å². The average molecular weight is 272 g/mol. The highest BCUT2D eigenvalue weighted by atomic mass is 19.1. The number of benzene rings is 1. The number of aryl methyl sites for hydroxylation is 1. The lowest BCUT2D eigenvalue weighted by molar-refractivity contribution is 0.624. The summed E-state index contributed by atoms with van der Waals surface area (Å²) in [6.45, 7) is 3.48. The number of nitrogen functional groups attached to an aromatic ring is 1. The molecule has 2 aromatic rings. The van der Waals surface area contributed by atoms with Crippen molar-refractivity contribution in [2.24, 2.45) is 5.84 Å². The van der Waals surface area contributed by atoms with Crippen molar-refractivity contribution in [1.82, 2.24) is 9.97 Å². The van der Waals surface area contributed by atoms with Gasteiger partial charge >= 0.3 is 0 Å².